The summed E-state index contributed by atoms with van der Waals surface area (Å²) in [5.41, 5.74) is 6.11. The van der Waals surface area contributed by atoms with E-state index in [4.69, 9.17) is 5.73 Å². The molecule has 0 spiro atoms. The van der Waals surface area contributed by atoms with Gasteiger partial charge in [-0.05, 0) is 37.1 Å². The largest absolute Gasteiger partial charge is 0.329 e. The first kappa shape index (κ1) is 13.4. The van der Waals surface area contributed by atoms with Gasteiger partial charge in [0.25, 0.3) is 0 Å². The van der Waals surface area contributed by atoms with Crippen LogP contribution in [0.1, 0.15) is 31.4 Å². The molecule has 2 N–H and O–H groups in total. The average Bonchev–Trinajstić information content (AvgIpc) is 3.16. The maximum atomic E-state index is 13.2. The molecule has 1 saturated carbocycles. The summed E-state index contributed by atoms with van der Waals surface area (Å²) in [4.78, 5) is 2.12. The Kier molecular flexibility index (Phi) is 3.92. The molecule has 2 nitrogen and oxygen atoms in total. The number of halogens is 3. The molecular formula is C13H17F3N2. The molecule has 18 heavy (non-hydrogen) atoms. The molecule has 5 heteroatoms. The van der Waals surface area contributed by atoms with Crippen molar-refractivity contribution in [3.8, 4) is 0 Å². The SMILES string of the molecule is CCN(C1CC1)C(CN)c1cc(F)c(F)c(F)c1. The van der Waals surface area contributed by atoms with Crippen molar-refractivity contribution in [3.05, 3.63) is 35.1 Å². The van der Waals surface area contributed by atoms with Crippen molar-refractivity contribution in [2.75, 3.05) is 13.1 Å². The van der Waals surface area contributed by atoms with Gasteiger partial charge < -0.3 is 5.73 Å². The van der Waals surface area contributed by atoms with Gasteiger partial charge in [-0.3, -0.25) is 4.90 Å². The van der Waals surface area contributed by atoms with E-state index in [2.05, 4.69) is 4.90 Å². The maximum Gasteiger partial charge on any atom is 0.194 e. The molecule has 1 fully saturated rings. The lowest BCUT2D eigenvalue weighted by molar-refractivity contribution is 0.201. The van der Waals surface area contributed by atoms with Crippen LogP contribution in [-0.4, -0.2) is 24.0 Å². The fourth-order valence-electron chi connectivity index (χ4n) is 2.37. The highest BCUT2D eigenvalue weighted by Crippen LogP contribution is 2.34. The van der Waals surface area contributed by atoms with E-state index < -0.39 is 17.5 Å². The van der Waals surface area contributed by atoms with E-state index in [0.29, 0.717) is 11.6 Å². The van der Waals surface area contributed by atoms with E-state index >= 15 is 0 Å². The minimum atomic E-state index is -1.43. The summed E-state index contributed by atoms with van der Waals surface area (Å²) in [6, 6.07) is 2.26. The zero-order valence-corrected chi connectivity index (χ0v) is 10.3. The second kappa shape index (κ2) is 5.28. The van der Waals surface area contributed by atoms with Gasteiger partial charge in [-0.1, -0.05) is 6.92 Å². The molecule has 1 atom stereocenters. The lowest BCUT2D eigenvalue weighted by Crippen LogP contribution is -2.35. The van der Waals surface area contributed by atoms with E-state index in [1.165, 1.54) is 0 Å². The van der Waals surface area contributed by atoms with Crippen molar-refractivity contribution in [2.24, 2.45) is 5.73 Å². The fraction of sp³-hybridized carbons (Fsp3) is 0.538. The van der Waals surface area contributed by atoms with Gasteiger partial charge in [0.1, 0.15) is 0 Å². The highest BCUT2D eigenvalue weighted by molar-refractivity contribution is 5.23. The Labute approximate surface area is 105 Å². The number of likely N-dealkylation sites (N-methyl/N-ethyl adjacent to an activating group) is 1. The smallest absolute Gasteiger partial charge is 0.194 e. The Morgan fingerprint density at radius 3 is 2.22 bits per heavy atom. The zero-order chi connectivity index (χ0) is 13.3. The van der Waals surface area contributed by atoms with Crippen LogP contribution in [0.4, 0.5) is 13.2 Å². The standard InChI is InChI=1S/C13H17F3N2/c1-2-18(9-3-4-9)12(7-17)8-5-10(14)13(16)11(15)6-8/h5-6,9,12H,2-4,7,17H2,1H3. The monoisotopic (exact) mass is 258 g/mol. The van der Waals surface area contributed by atoms with E-state index in [1.807, 2.05) is 6.92 Å². The summed E-state index contributed by atoms with van der Waals surface area (Å²) in [6.07, 6.45) is 2.16. The van der Waals surface area contributed by atoms with Gasteiger partial charge in [0.15, 0.2) is 17.5 Å². The van der Waals surface area contributed by atoms with Crippen LogP contribution in [0.3, 0.4) is 0 Å². The highest BCUT2D eigenvalue weighted by Gasteiger charge is 2.33. The Morgan fingerprint density at radius 2 is 1.83 bits per heavy atom. The van der Waals surface area contributed by atoms with Crippen molar-refractivity contribution in [2.45, 2.75) is 31.8 Å². The van der Waals surface area contributed by atoms with Crippen molar-refractivity contribution in [3.63, 3.8) is 0 Å². The molecule has 2 rings (SSSR count). The van der Waals surface area contributed by atoms with Crippen molar-refractivity contribution in [1.82, 2.24) is 4.90 Å². The quantitative estimate of drug-likeness (QED) is 0.822. The molecule has 1 unspecified atom stereocenters. The van der Waals surface area contributed by atoms with Crippen LogP contribution in [-0.2, 0) is 0 Å². The fourth-order valence-corrected chi connectivity index (χ4v) is 2.37. The molecule has 1 aromatic rings. The van der Waals surface area contributed by atoms with Crippen LogP contribution in [0.5, 0.6) is 0 Å². The molecule has 0 amide bonds. The summed E-state index contributed by atoms with van der Waals surface area (Å²) in [5.74, 6) is -3.74. The van der Waals surface area contributed by atoms with Gasteiger partial charge in [-0.25, -0.2) is 13.2 Å². The lowest BCUT2D eigenvalue weighted by atomic mass is 10.0. The molecule has 0 aliphatic heterocycles. The number of hydrogen-bond acceptors (Lipinski definition) is 2. The molecule has 0 saturated heterocycles. The van der Waals surface area contributed by atoms with Crippen LogP contribution in [0, 0.1) is 17.5 Å². The highest BCUT2D eigenvalue weighted by atomic mass is 19.2. The molecule has 1 aliphatic rings. The predicted molar refractivity (Wildman–Crippen MR) is 63.5 cm³/mol. The first-order chi connectivity index (χ1) is 8.58. The number of benzene rings is 1. The number of nitrogens with zero attached hydrogens (tertiary/aromatic N) is 1. The van der Waals surface area contributed by atoms with Gasteiger partial charge in [0.2, 0.25) is 0 Å². The van der Waals surface area contributed by atoms with E-state index in [0.717, 1.165) is 31.5 Å². The second-order valence-electron chi connectivity index (χ2n) is 4.61. The van der Waals surface area contributed by atoms with Gasteiger partial charge >= 0.3 is 0 Å². The van der Waals surface area contributed by atoms with Crippen LogP contribution < -0.4 is 5.73 Å². The van der Waals surface area contributed by atoms with Crippen molar-refractivity contribution in [1.29, 1.82) is 0 Å². The Bertz CT molecular complexity index is 409. The molecule has 1 aliphatic carbocycles. The number of hydrogen-bond donors (Lipinski definition) is 1. The first-order valence-electron chi connectivity index (χ1n) is 6.18. The molecule has 100 valence electrons. The van der Waals surface area contributed by atoms with Gasteiger partial charge in [-0.15, -0.1) is 0 Å². The van der Waals surface area contributed by atoms with Crippen molar-refractivity contribution < 1.29 is 13.2 Å². The Balaban J connectivity index is 2.31. The predicted octanol–water partition coefficient (Wildman–Crippen LogP) is 2.59. The minimum Gasteiger partial charge on any atom is -0.329 e. The van der Waals surface area contributed by atoms with Gasteiger partial charge in [0, 0.05) is 18.6 Å². The molecular weight excluding hydrogens is 241 g/mol. The normalized spacial score (nSPS) is 17.2. The first-order valence-corrected chi connectivity index (χ1v) is 6.18. The third kappa shape index (κ3) is 2.52. The maximum absolute atomic E-state index is 13.2. The van der Waals surface area contributed by atoms with E-state index in [-0.39, 0.29) is 12.6 Å². The summed E-state index contributed by atoms with van der Waals surface area (Å²) in [7, 11) is 0. The third-order valence-corrected chi connectivity index (χ3v) is 3.40. The Morgan fingerprint density at radius 1 is 1.28 bits per heavy atom. The molecule has 0 bridgehead atoms. The summed E-state index contributed by atoms with van der Waals surface area (Å²) in [6.45, 7) is 3.00. The molecule has 0 heterocycles. The van der Waals surface area contributed by atoms with E-state index in [9.17, 15) is 13.2 Å². The van der Waals surface area contributed by atoms with Crippen LogP contribution >= 0.6 is 0 Å². The number of nitrogens with two attached hydrogens (primary N) is 1. The zero-order valence-electron chi connectivity index (χ0n) is 10.3. The minimum absolute atomic E-state index is 0.257. The van der Waals surface area contributed by atoms with Crippen LogP contribution in [0.2, 0.25) is 0 Å². The summed E-state index contributed by atoms with van der Waals surface area (Å²) >= 11 is 0. The van der Waals surface area contributed by atoms with Gasteiger partial charge in [-0.2, -0.15) is 0 Å². The lowest BCUT2D eigenvalue weighted by Gasteiger charge is -2.30. The number of rotatable bonds is 5. The second-order valence-corrected chi connectivity index (χ2v) is 4.61. The van der Waals surface area contributed by atoms with Crippen LogP contribution in [0.25, 0.3) is 0 Å². The molecule has 1 aromatic carbocycles. The Hall–Kier alpha value is -1.07. The summed E-state index contributed by atoms with van der Waals surface area (Å²) in [5, 5.41) is 0. The topological polar surface area (TPSA) is 29.3 Å². The van der Waals surface area contributed by atoms with E-state index in [1.54, 1.807) is 0 Å². The van der Waals surface area contributed by atoms with Crippen LogP contribution in [0.15, 0.2) is 12.1 Å². The third-order valence-electron chi connectivity index (χ3n) is 3.40. The summed E-state index contributed by atoms with van der Waals surface area (Å²) < 4.78 is 39.4. The molecule has 0 radical (unpaired) electrons. The average molecular weight is 258 g/mol. The van der Waals surface area contributed by atoms with Gasteiger partial charge in [0.05, 0.1) is 0 Å². The van der Waals surface area contributed by atoms with Crippen molar-refractivity contribution >= 4 is 0 Å². The molecule has 0 aromatic heterocycles.